The van der Waals surface area contributed by atoms with Crippen molar-refractivity contribution in [2.24, 2.45) is 0 Å². The molecule has 0 bridgehead atoms. The summed E-state index contributed by atoms with van der Waals surface area (Å²) in [4.78, 5) is 1.15. The molecule has 0 saturated carbocycles. The minimum atomic E-state index is 0.0256. The molecule has 0 aliphatic carbocycles. The Morgan fingerprint density at radius 2 is 2.14 bits per heavy atom. The van der Waals surface area contributed by atoms with Crippen LogP contribution in [-0.2, 0) is 6.42 Å². The normalized spacial score (nSPS) is 12.9. The molecule has 5 heteroatoms. The number of aromatic nitrogens is 2. The Balaban J connectivity index is 2.06. The maximum Gasteiger partial charge on any atom is 0.134 e. The fourth-order valence-electron chi connectivity index (χ4n) is 2.53. The van der Waals surface area contributed by atoms with Gasteiger partial charge in [0.25, 0.3) is 0 Å². The molecule has 21 heavy (non-hydrogen) atoms. The van der Waals surface area contributed by atoms with Crippen molar-refractivity contribution in [3.63, 3.8) is 0 Å². The lowest BCUT2D eigenvalue weighted by Gasteiger charge is -2.14. The van der Waals surface area contributed by atoms with Crippen molar-refractivity contribution < 1.29 is 4.42 Å². The molecule has 110 valence electrons. The quantitative estimate of drug-likeness (QED) is 0.777. The zero-order valence-corrected chi connectivity index (χ0v) is 13.3. The van der Waals surface area contributed by atoms with Crippen LogP contribution in [-0.4, -0.2) is 16.1 Å². The highest BCUT2D eigenvalue weighted by molar-refractivity contribution is 7.05. The lowest BCUT2D eigenvalue weighted by atomic mass is 10.1. The van der Waals surface area contributed by atoms with Crippen LogP contribution in [0.3, 0.4) is 0 Å². The van der Waals surface area contributed by atoms with Crippen LogP contribution in [0.4, 0.5) is 0 Å². The smallest absolute Gasteiger partial charge is 0.134 e. The number of rotatable bonds is 5. The van der Waals surface area contributed by atoms with Gasteiger partial charge in [0.2, 0.25) is 0 Å². The summed E-state index contributed by atoms with van der Waals surface area (Å²) >= 11 is 1.45. The van der Waals surface area contributed by atoms with E-state index >= 15 is 0 Å². The SMILES string of the molecule is CCNC(c1cc2cc(C)ccc2o1)c1snnc1CC. The summed E-state index contributed by atoms with van der Waals surface area (Å²) in [6, 6.07) is 8.40. The summed E-state index contributed by atoms with van der Waals surface area (Å²) in [6.45, 7) is 7.16. The van der Waals surface area contributed by atoms with Crippen LogP contribution in [0.2, 0.25) is 0 Å². The zero-order chi connectivity index (χ0) is 14.8. The number of nitrogens with one attached hydrogen (secondary N) is 1. The van der Waals surface area contributed by atoms with Gasteiger partial charge in [0.15, 0.2) is 0 Å². The van der Waals surface area contributed by atoms with E-state index in [1.807, 2.05) is 6.07 Å². The minimum Gasteiger partial charge on any atom is -0.459 e. The Kier molecular flexibility index (Phi) is 4.03. The van der Waals surface area contributed by atoms with Crippen LogP contribution in [0.15, 0.2) is 28.7 Å². The van der Waals surface area contributed by atoms with Gasteiger partial charge in [0, 0.05) is 5.39 Å². The van der Waals surface area contributed by atoms with Gasteiger partial charge in [-0.1, -0.05) is 30.0 Å². The predicted octanol–water partition coefficient (Wildman–Crippen LogP) is 3.85. The molecule has 2 heterocycles. The maximum atomic E-state index is 6.05. The Bertz CT molecular complexity index is 747. The first kappa shape index (κ1) is 14.2. The largest absolute Gasteiger partial charge is 0.459 e. The molecule has 0 saturated heterocycles. The van der Waals surface area contributed by atoms with E-state index in [9.17, 15) is 0 Å². The van der Waals surface area contributed by atoms with Crippen molar-refractivity contribution in [1.82, 2.24) is 14.9 Å². The zero-order valence-electron chi connectivity index (χ0n) is 12.5. The lowest BCUT2D eigenvalue weighted by molar-refractivity contribution is 0.479. The predicted molar refractivity (Wildman–Crippen MR) is 85.8 cm³/mol. The molecule has 0 aliphatic rings. The number of hydrogen-bond donors (Lipinski definition) is 1. The molecule has 0 aliphatic heterocycles. The van der Waals surface area contributed by atoms with Gasteiger partial charge in [-0.15, -0.1) is 5.10 Å². The van der Waals surface area contributed by atoms with Gasteiger partial charge in [-0.05, 0) is 49.6 Å². The van der Waals surface area contributed by atoms with Crippen LogP contribution >= 0.6 is 11.5 Å². The second kappa shape index (κ2) is 5.95. The summed E-state index contributed by atoms with van der Waals surface area (Å²) in [6.07, 6.45) is 0.882. The molecule has 1 atom stereocenters. The molecule has 4 nitrogen and oxygen atoms in total. The average Bonchev–Trinajstić information content (AvgIpc) is 3.10. The third-order valence-electron chi connectivity index (χ3n) is 3.57. The highest BCUT2D eigenvalue weighted by Gasteiger charge is 2.23. The number of benzene rings is 1. The number of furan rings is 1. The standard InChI is InChI=1S/C16H19N3OS/c1-4-12-16(21-19-18-12)15(17-5-2)14-9-11-8-10(3)6-7-13(11)20-14/h6-9,15,17H,4-5H2,1-3H3. The van der Waals surface area contributed by atoms with Crippen LogP contribution in [0.25, 0.3) is 11.0 Å². The van der Waals surface area contributed by atoms with Crippen LogP contribution < -0.4 is 5.32 Å². The summed E-state index contributed by atoms with van der Waals surface area (Å²) in [5.74, 6) is 0.929. The molecule has 3 aromatic rings. The highest BCUT2D eigenvalue weighted by atomic mass is 32.1. The molecule has 3 rings (SSSR count). The van der Waals surface area contributed by atoms with Gasteiger partial charge in [-0.3, -0.25) is 0 Å². The number of hydrogen-bond acceptors (Lipinski definition) is 5. The Morgan fingerprint density at radius 3 is 2.90 bits per heavy atom. The fourth-order valence-corrected chi connectivity index (χ4v) is 3.35. The topological polar surface area (TPSA) is 51.0 Å². The highest BCUT2D eigenvalue weighted by Crippen LogP contribution is 2.31. The van der Waals surface area contributed by atoms with Crippen molar-refractivity contribution in [3.05, 3.63) is 46.2 Å². The van der Waals surface area contributed by atoms with Gasteiger partial charge < -0.3 is 9.73 Å². The minimum absolute atomic E-state index is 0.0256. The first-order valence-electron chi connectivity index (χ1n) is 7.27. The number of aryl methyl sites for hydroxylation is 2. The second-order valence-electron chi connectivity index (χ2n) is 5.12. The molecule has 2 aromatic heterocycles. The molecule has 0 radical (unpaired) electrons. The van der Waals surface area contributed by atoms with E-state index in [0.29, 0.717) is 0 Å². The second-order valence-corrected chi connectivity index (χ2v) is 5.90. The van der Waals surface area contributed by atoms with E-state index in [-0.39, 0.29) is 6.04 Å². The Hall–Kier alpha value is -1.72. The van der Waals surface area contributed by atoms with Crippen molar-refractivity contribution in [1.29, 1.82) is 0 Å². The monoisotopic (exact) mass is 301 g/mol. The average molecular weight is 301 g/mol. The van der Waals surface area contributed by atoms with Crippen LogP contribution in [0.1, 0.15) is 41.8 Å². The van der Waals surface area contributed by atoms with Crippen LogP contribution in [0.5, 0.6) is 0 Å². The molecular formula is C16H19N3OS. The number of fused-ring (bicyclic) bond motifs is 1. The molecule has 0 spiro atoms. The van der Waals surface area contributed by atoms with Gasteiger partial charge in [0.05, 0.1) is 10.6 Å². The van der Waals surface area contributed by atoms with Crippen molar-refractivity contribution >= 4 is 22.5 Å². The van der Waals surface area contributed by atoms with E-state index in [4.69, 9.17) is 4.42 Å². The molecular weight excluding hydrogens is 282 g/mol. The number of nitrogens with zero attached hydrogens (tertiary/aromatic N) is 2. The molecule has 0 fully saturated rings. The summed E-state index contributed by atoms with van der Waals surface area (Å²) in [5, 5.41) is 8.85. The molecule has 1 aromatic carbocycles. The van der Waals surface area contributed by atoms with Gasteiger partial charge >= 0.3 is 0 Å². The molecule has 0 amide bonds. The first-order chi connectivity index (χ1) is 10.2. The van der Waals surface area contributed by atoms with E-state index < -0.39 is 0 Å². The van der Waals surface area contributed by atoms with E-state index in [1.54, 1.807) is 0 Å². The van der Waals surface area contributed by atoms with E-state index in [0.717, 1.165) is 40.3 Å². The Morgan fingerprint density at radius 1 is 1.29 bits per heavy atom. The van der Waals surface area contributed by atoms with Gasteiger partial charge in [-0.2, -0.15) is 0 Å². The van der Waals surface area contributed by atoms with Crippen molar-refractivity contribution in [2.45, 2.75) is 33.2 Å². The summed E-state index contributed by atoms with van der Waals surface area (Å²) in [5.41, 5.74) is 3.21. The third-order valence-corrected chi connectivity index (χ3v) is 4.40. The van der Waals surface area contributed by atoms with Gasteiger partial charge in [0.1, 0.15) is 17.4 Å². The maximum absolute atomic E-state index is 6.05. The van der Waals surface area contributed by atoms with E-state index in [1.165, 1.54) is 17.1 Å². The first-order valence-corrected chi connectivity index (χ1v) is 8.04. The van der Waals surface area contributed by atoms with Crippen LogP contribution in [0, 0.1) is 6.92 Å². The lowest BCUT2D eigenvalue weighted by Crippen LogP contribution is -2.21. The molecule has 1 N–H and O–H groups in total. The molecule has 1 unspecified atom stereocenters. The van der Waals surface area contributed by atoms with Crippen molar-refractivity contribution in [2.75, 3.05) is 6.54 Å². The summed E-state index contributed by atoms with van der Waals surface area (Å²) < 4.78 is 10.1. The van der Waals surface area contributed by atoms with Gasteiger partial charge in [-0.25, -0.2) is 0 Å². The fraction of sp³-hybridized carbons (Fsp3) is 0.375. The van der Waals surface area contributed by atoms with E-state index in [2.05, 4.69) is 53.9 Å². The van der Waals surface area contributed by atoms with Crippen molar-refractivity contribution in [3.8, 4) is 0 Å². The summed E-state index contributed by atoms with van der Waals surface area (Å²) in [7, 11) is 0. The third kappa shape index (κ3) is 2.71. The Labute approximate surface area is 128 Å².